The summed E-state index contributed by atoms with van der Waals surface area (Å²) in [5, 5.41) is 5.47. The van der Waals surface area contributed by atoms with E-state index in [1.54, 1.807) is 18.2 Å². The number of benzene rings is 1. The van der Waals surface area contributed by atoms with Gasteiger partial charge in [-0.3, -0.25) is 9.59 Å². The number of rotatable bonds is 7. The first kappa shape index (κ1) is 16.1. The van der Waals surface area contributed by atoms with Crippen LogP contribution in [0.15, 0.2) is 24.3 Å². The average molecular weight is 293 g/mol. The van der Waals surface area contributed by atoms with Crippen LogP contribution in [0.3, 0.4) is 0 Å². The lowest BCUT2D eigenvalue weighted by Crippen LogP contribution is -2.28. The largest absolute Gasteiger partial charge is 0.393 e. The van der Waals surface area contributed by atoms with Gasteiger partial charge in [-0.15, -0.1) is 0 Å². The Labute approximate surface area is 123 Å². The molecule has 20 heavy (non-hydrogen) atoms. The second kappa shape index (κ2) is 8.27. The number of amides is 2. The zero-order chi connectivity index (χ0) is 15.0. The summed E-state index contributed by atoms with van der Waals surface area (Å²) in [5.41, 5.74) is 6.99. The molecular weight excluding hydrogens is 274 g/mol. The third-order valence-electron chi connectivity index (χ3n) is 2.58. The first-order valence-corrected chi connectivity index (χ1v) is 6.79. The fraction of sp³-hybridized carbons (Fsp3) is 0.357. The van der Waals surface area contributed by atoms with Crippen molar-refractivity contribution < 1.29 is 9.59 Å². The van der Waals surface area contributed by atoms with Crippen LogP contribution in [-0.2, 0) is 11.2 Å². The molecule has 0 bridgehead atoms. The van der Waals surface area contributed by atoms with Gasteiger partial charge in [0, 0.05) is 32.0 Å². The van der Waals surface area contributed by atoms with Crippen LogP contribution >= 0.6 is 12.2 Å². The van der Waals surface area contributed by atoms with Gasteiger partial charge in [0.25, 0.3) is 5.91 Å². The highest BCUT2D eigenvalue weighted by molar-refractivity contribution is 7.80. The van der Waals surface area contributed by atoms with Crippen LogP contribution in [0.1, 0.15) is 29.3 Å². The summed E-state index contributed by atoms with van der Waals surface area (Å²) in [5.74, 6) is -0.209. The van der Waals surface area contributed by atoms with Crippen LogP contribution in [0.25, 0.3) is 0 Å². The molecule has 0 unspecified atom stereocenters. The van der Waals surface area contributed by atoms with E-state index in [2.05, 4.69) is 10.6 Å². The molecule has 0 saturated carbocycles. The Morgan fingerprint density at radius 2 is 1.95 bits per heavy atom. The highest BCUT2D eigenvalue weighted by atomic mass is 32.1. The molecule has 2 amide bonds. The molecule has 0 aromatic heterocycles. The van der Waals surface area contributed by atoms with Crippen molar-refractivity contribution in [3.8, 4) is 0 Å². The van der Waals surface area contributed by atoms with Gasteiger partial charge in [0.1, 0.15) is 0 Å². The van der Waals surface area contributed by atoms with E-state index in [1.165, 1.54) is 6.92 Å². The molecule has 1 rings (SSSR count). The smallest absolute Gasteiger partial charge is 0.251 e. The second-order valence-corrected chi connectivity index (χ2v) is 4.96. The van der Waals surface area contributed by atoms with Crippen LogP contribution in [0.2, 0.25) is 0 Å². The predicted octanol–water partition coefficient (Wildman–Crippen LogP) is 0.771. The van der Waals surface area contributed by atoms with Gasteiger partial charge in [0.05, 0.1) is 4.99 Å². The van der Waals surface area contributed by atoms with Gasteiger partial charge < -0.3 is 16.4 Å². The predicted molar refractivity (Wildman–Crippen MR) is 82.6 cm³/mol. The van der Waals surface area contributed by atoms with Gasteiger partial charge in [-0.2, -0.15) is 0 Å². The number of nitrogens with one attached hydrogen (secondary N) is 2. The molecule has 0 aliphatic carbocycles. The minimum Gasteiger partial charge on any atom is -0.393 e. The van der Waals surface area contributed by atoms with Crippen molar-refractivity contribution in [2.75, 3.05) is 13.1 Å². The maximum absolute atomic E-state index is 11.9. The molecule has 1 aromatic carbocycles. The highest BCUT2D eigenvalue weighted by Gasteiger charge is 2.06. The molecule has 0 aliphatic rings. The van der Waals surface area contributed by atoms with Crippen molar-refractivity contribution in [3.05, 3.63) is 35.4 Å². The highest BCUT2D eigenvalue weighted by Crippen LogP contribution is 2.06. The van der Waals surface area contributed by atoms with Crippen LogP contribution in [0.5, 0.6) is 0 Å². The molecule has 0 fully saturated rings. The zero-order valence-electron chi connectivity index (χ0n) is 11.4. The van der Waals surface area contributed by atoms with Crippen molar-refractivity contribution in [1.29, 1.82) is 0 Å². The molecule has 0 radical (unpaired) electrons. The molecule has 0 aliphatic heterocycles. The Hall–Kier alpha value is -1.95. The summed E-state index contributed by atoms with van der Waals surface area (Å²) in [6.45, 7) is 2.53. The third-order valence-corrected chi connectivity index (χ3v) is 2.72. The first-order chi connectivity index (χ1) is 9.49. The molecule has 6 heteroatoms. The first-order valence-electron chi connectivity index (χ1n) is 6.39. The number of thiocarbonyl (C=S) groups is 1. The van der Waals surface area contributed by atoms with E-state index in [1.807, 2.05) is 6.07 Å². The lowest BCUT2D eigenvalue weighted by Gasteiger charge is -2.07. The minimum absolute atomic E-state index is 0.0678. The topological polar surface area (TPSA) is 84.2 Å². The average Bonchev–Trinajstić information content (AvgIpc) is 2.37. The Morgan fingerprint density at radius 3 is 2.60 bits per heavy atom. The fourth-order valence-electron chi connectivity index (χ4n) is 1.68. The van der Waals surface area contributed by atoms with Gasteiger partial charge in [-0.05, 0) is 24.1 Å². The summed E-state index contributed by atoms with van der Waals surface area (Å²) in [7, 11) is 0. The molecule has 108 valence electrons. The van der Waals surface area contributed by atoms with Gasteiger partial charge in [0.15, 0.2) is 0 Å². The second-order valence-electron chi connectivity index (χ2n) is 4.44. The van der Waals surface area contributed by atoms with Gasteiger partial charge in [-0.25, -0.2) is 0 Å². The number of carbonyl (C=O) groups is 2. The normalized spacial score (nSPS) is 9.85. The SMILES string of the molecule is CC(=O)NCCCNC(=O)c1cccc(CC(N)=S)c1. The van der Waals surface area contributed by atoms with E-state index in [9.17, 15) is 9.59 Å². The Kier molecular flexibility index (Phi) is 6.66. The molecule has 1 aromatic rings. The Bertz CT molecular complexity index is 503. The van der Waals surface area contributed by atoms with E-state index in [-0.39, 0.29) is 11.8 Å². The maximum Gasteiger partial charge on any atom is 0.251 e. The van der Waals surface area contributed by atoms with Crippen molar-refractivity contribution in [1.82, 2.24) is 10.6 Å². The van der Waals surface area contributed by atoms with Crippen molar-refractivity contribution in [3.63, 3.8) is 0 Å². The van der Waals surface area contributed by atoms with Crippen LogP contribution in [-0.4, -0.2) is 29.9 Å². The van der Waals surface area contributed by atoms with E-state index in [0.29, 0.717) is 36.5 Å². The quantitative estimate of drug-likeness (QED) is 0.512. The van der Waals surface area contributed by atoms with Gasteiger partial charge >= 0.3 is 0 Å². The summed E-state index contributed by atoms with van der Waals surface area (Å²) in [6.07, 6.45) is 1.18. The molecular formula is C14H19N3O2S. The van der Waals surface area contributed by atoms with E-state index < -0.39 is 0 Å². The van der Waals surface area contributed by atoms with Crippen LogP contribution < -0.4 is 16.4 Å². The number of carbonyl (C=O) groups excluding carboxylic acids is 2. The van der Waals surface area contributed by atoms with E-state index in [0.717, 1.165) is 5.56 Å². The fourth-order valence-corrected chi connectivity index (χ4v) is 1.85. The number of hydrogen-bond acceptors (Lipinski definition) is 3. The van der Waals surface area contributed by atoms with Crippen molar-refractivity contribution >= 4 is 29.0 Å². The lowest BCUT2D eigenvalue weighted by molar-refractivity contribution is -0.118. The molecule has 0 saturated heterocycles. The van der Waals surface area contributed by atoms with Gasteiger partial charge in [-0.1, -0.05) is 24.4 Å². The van der Waals surface area contributed by atoms with Gasteiger partial charge in [0.2, 0.25) is 5.91 Å². The summed E-state index contributed by atoms with van der Waals surface area (Å²) in [6, 6.07) is 7.21. The number of hydrogen-bond donors (Lipinski definition) is 3. The molecule has 0 spiro atoms. The van der Waals surface area contributed by atoms with E-state index >= 15 is 0 Å². The van der Waals surface area contributed by atoms with E-state index in [4.69, 9.17) is 18.0 Å². The summed E-state index contributed by atoms with van der Waals surface area (Å²) in [4.78, 5) is 23.0. The van der Waals surface area contributed by atoms with Crippen molar-refractivity contribution in [2.45, 2.75) is 19.8 Å². The zero-order valence-corrected chi connectivity index (χ0v) is 12.3. The summed E-state index contributed by atoms with van der Waals surface area (Å²) < 4.78 is 0. The lowest BCUT2D eigenvalue weighted by atomic mass is 10.1. The Balaban J connectivity index is 2.43. The molecule has 0 atom stereocenters. The van der Waals surface area contributed by atoms with Crippen LogP contribution in [0.4, 0.5) is 0 Å². The molecule has 0 heterocycles. The summed E-state index contributed by atoms with van der Waals surface area (Å²) >= 11 is 4.85. The standard InChI is InChI=1S/C14H19N3O2S/c1-10(18)16-6-3-7-17-14(19)12-5-2-4-11(8-12)9-13(15)20/h2,4-5,8H,3,6-7,9H2,1H3,(H2,15,20)(H,16,18)(H,17,19). The monoisotopic (exact) mass is 293 g/mol. The van der Waals surface area contributed by atoms with Crippen molar-refractivity contribution in [2.24, 2.45) is 5.73 Å². The molecule has 5 nitrogen and oxygen atoms in total. The minimum atomic E-state index is -0.141. The molecule has 4 N–H and O–H groups in total. The Morgan fingerprint density at radius 1 is 1.25 bits per heavy atom. The number of nitrogens with two attached hydrogens (primary N) is 1. The van der Waals surface area contributed by atoms with Crippen LogP contribution in [0, 0.1) is 0 Å². The third kappa shape index (κ3) is 6.29. The maximum atomic E-state index is 11.9.